The van der Waals surface area contributed by atoms with Crippen LogP contribution in [0.3, 0.4) is 0 Å². The Morgan fingerprint density at radius 3 is 2.62 bits per heavy atom. The third-order valence-electron chi connectivity index (χ3n) is 2.81. The SMILES string of the molecule is N#CC1(Nc2ccccc2Cl)CCOCC1. The molecule has 0 atom stereocenters. The van der Waals surface area contributed by atoms with Crippen LogP contribution in [0.5, 0.6) is 0 Å². The van der Waals surface area contributed by atoms with E-state index in [4.69, 9.17) is 16.3 Å². The van der Waals surface area contributed by atoms with Crippen molar-refractivity contribution < 1.29 is 4.74 Å². The number of rotatable bonds is 2. The summed E-state index contributed by atoms with van der Waals surface area (Å²) in [4.78, 5) is 0. The number of hydrogen-bond acceptors (Lipinski definition) is 3. The van der Waals surface area contributed by atoms with Crippen LogP contribution in [-0.2, 0) is 4.74 Å². The number of anilines is 1. The van der Waals surface area contributed by atoms with Gasteiger partial charge in [0.1, 0.15) is 5.54 Å². The van der Waals surface area contributed by atoms with E-state index in [1.54, 1.807) is 0 Å². The van der Waals surface area contributed by atoms with Crippen LogP contribution in [-0.4, -0.2) is 18.8 Å². The van der Waals surface area contributed by atoms with Gasteiger partial charge in [0, 0.05) is 26.1 Å². The molecule has 0 aliphatic carbocycles. The predicted octanol–water partition coefficient (Wildman–Crippen LogP) is 2.82. The number of benzene rings is 1. The van der Waals surface area contributed by atoms with Gasteiger partial charge in [0.2, 0.25) is 0 Å². The number of halogens is 1. The van der Waals surface area contributed by atoms with Gasteiger partial charge in [0.25, 0.3) is 0 Å². The highest BCUT2D eigenvalue weighted by Gasteiger charge is 2.32. The first kappa shape index (κ1) is 11.3. The van der Waals surface area contributed by atoms with Crippen molar-refractivity contribution in [2.45, 2.75) is 18.4 Å². The van der Waals surface area contributed by atoms with Crippen LogP contribution in [0.25, 0.3) is 0 Å². The van der Waals surface area contributed by atoms with E-state index < -0.39 is 5.54 Å². The maximum absolute atomic E-state index is 9.28. The molecule has 0 radical (unpaired) electrons. The fraction of sp³-hybridized carbons (Fsp3) is 0.417. The molecule has 84 valence electrons. The van der Waals surface area contributed by atoms with E-state index in [2.05, 4.69) is 11.4 Å². The zero-order valence-corrected chi connectivity index (χ0v) is 9.63. The van der Waals surface area contributed by atoms with Crippen LogP contribution in [0.2, 0.25) is 5.02 Å². The third kappa shape index (κ3) is 2.29. The minimum atomic E-state index is -0.538. The number of para-hydroxylation sites is 1. The Labute approximate surface area is 100.0 Å². The Kier molecular flexibility index (Phi) is 3.33. The van der Waals surface area contributed by atoms with Crippen LogP contribution in [0.4, 0.5) is 5.69 Å². The maximum Gasteiger partial charge on any atom is 0.129 e. The highest BCUT2D eigenvalue weighted by Crippen LogP contribution is 2.29. The van der Waals surface area contributed by atoms with Crippen LogP contribution >= 0.6 is 11.6 Å². The Bertz CT molecular complexity index is 408. The minimum absolute atomic E-state index is 0.538. The molecular weight excluding hydrogens is 224 g/mol. The van der Waals surface area contributed by atoms with Gasteiger partial charge in [-0.15, -0.1) is 0 Å². The Morgan fingerprint density at radius 1 is 1.31 bits per heavy atom. The molecule has 0 spiro atoms. The molecule has 1 aliphatic rings. The summed E-state index contributed by atoms with van der Waals surface area (Å²) in [7, 11) is 0. The number of hydrogen-bond donors (Lipinski definition) is 1. The van der Waals surface area contributed by atoms with Crippen molar-refractivity contribution in [3.8, 4) is 6.07 Å². The first-order valence-corrected chi connectivity index (χ1v) is 5.65. The molecule has 1 N–H and O–H groups in total. The molecule has 16 heavy (non-hydrogen) atoms. The molecule has 1 heterocycles. The molecule has 1 saturated heterocycles. The predicted molar refractivity (Wildman–Crippen MR) is 63.5 cm³/mol. The second-order valence-electron chi connectivity index (χ2n) is 3.91. The van der Waals surface area contributed by atoms with Gasteiger partial charge in [0.05, 0.1) is 16.8 Å². The van der Waals surface area contributed by atoms with Crippen molar-refractivity contribution in [1.29, 1.82) is 5.26 Å². The van der Waals surface area contributed by atoms with Crippen molar-refractivity contribution in [3.63, 3.8) is 0 Å². The van der Waals surface area contributed by atoms with Gasteiger partial charge in [-0.05, 0) is 12.1 Å². The largest absolute Gasteiger partial charge is 0.381 e. The van der Waals surface area contributed by atoms with Crippen LogP contribution < -0.4 is 5.32 Å². The zero-order valence-electron chi connectivity index (χ0n) is 8.87. The summed E-state index contributed by atoms with van der Waals surface area (Å²) < 4.78 is 5.27. The highest BCUT2D eigenvalue weighted by molar-refractivity contribution is 6.33. The normalized spacial score (nSPS) is 18.8. The van der Waals surface area contributed by atoms with Crippen molar-refractivity contribution in [2.75, 3.05) is 18.5 Å². The molecule has 0 amide bonds. The van der Waals surface area contributed by atoms with Gasteiger partial charge in [0.15, 0.2) is 0 Å². The zero-order chi connectivity index (χ0) is 11.4. The molecule has 3 nitrogen and oxygen atoms in total. The van der Waals surface area contributed by atoms with Crippen molar-refractivity contribution in [1.82, 2.24) is 0 Å². The molecule has 0 saturated carbocycles. The smallest absolute Gasteiger partial charge is 0.129 e. The molecule has 0 unspecified atom stereocenters. The van der Waals surface area contributed by atoms with Gasteiger partial charge in [-0.25, -0.2) is 0 Å². The Morgan fingerprint density at radius 2 is 2.00 bits per heavy atom. The molecule has 4 heteroatoms. The van der Waals surface area contributed by atoms with E-state index >= 15 is 0 Å². The van der Waals surface area contributed by atoms with Gasteiger partial charge in [-0.2, -0.15) is 5.26 Å². The van der Waals surface area contributed by atoms with Gasteiger partial charge < -0.3 is 10.1 Å². The number of nitrogens with one attached hydrogen (secondary N) is 1. The lowest BCUT2D eigenvalue weighted by molar-refractivity contribution is 0.0753. The van der Waals surface area contributed by atoms with Gasteiger partial charge >= 0.3 is 0 Å². The standard InChI is InChI=1S/C12H13ClN2O/c13-10-3-1-2-4-11(10)15-12(9-14)5-7-16-8-6-12/h1-4,15H,5-8H2. The first-order valence-electron chi connectivity index (χ1n) is 5.27. The van der Waals surface area contributed by atoms with Crippen LogP contribution in [0.15, 0.2) is 24.3 Å². The average molecular weight is 237 g/mol. The summed E-state index contributed by atoms with van der Waals surface area (Å²) in [5.74, 6) is 0. The Balaban J connectivity index is 2.19. The van der Waals surface area contributed by atoms with E-state index in [0.29, 0.717) is 31.1 Å². The van der Waals surface area contributed by atoms with Crippen molar-refractivity contribution in [3.05, 3.63) is 29.3 Å². The highest BCUT2D eigenvalue weighted by atomic mass is 35.5. The van der Waals surface area contributed by atoms with Gasteiger partial charge in [-0.3, -0.25) is 0 Å². The third-order valence-corrected chi connectivity index (χ3v) is 3.14. The maximum atomic E-state index is 9.28. The number of ether oxygens (including phenoxy) is 1. The lowest BCUT2D eigenvalue weighted by Crippen LogP contribution is -2.42. The first-order chi connectivity index (χ1) is 7.76. The summed E-state index contributed by atoms with van der Waals surface area (Å²) in [6.07, 6.45) is 1.38. The monoisotopic (exact) mass is 236 g/mol. The molecule has 1 fully saturated rings. The van der Waals surface area contributed by atoms with E-state index in [0.717, 1.165) is 5.69 Å². The van der Waals surface area contributed by atoms with Crippen molar-refractivity contribution in [2.24, 2.45) is 0 Å². The van der Waals surface area contributed by atoms with Crippen LogP contribution in [0.1, 0.15) is 12.8 Å². The molecule has 0 aromatic heterocycles. The van der Waals surface area contributed by atoms with E-state index in [1.165, 1.54) is 0 Å². The number of nitrogens with zero attached hydrogens (tertiary/aromatic N) is 1. The van der Waals surface area contributed by atoms with Crippen LogP contribution in [0, 0.1) is 11.3 Å². The lowest BCUT2D eigenvalue weighted by Gasteiger charge is -2.32. The summed E-state index contributed by atoms with van der Waals surface area (Å²) in [6, 6.07) is 9.82. The van der Waals surface area contributed by atoms with Gasteiger partial charge in [-0.1, -0.05) is 23.7 Å². The summed E-state index contributed by atoms with van der Waals surface area (Å²) >= 11 is 6.06. The quantitative estimate of drug-likeness (QED) is 0.859. The van der Waals surface area contributed by atoms with E-state index in [-0.39, 0.29) is 0 Å². The molecule has 0 bridgehead atoms. The molecule has 1 aliphatic heterocycles. The average Bonchev–Trinajstić information content (AvgIpc) is 2.33. The molecule has 1 aromatic rings. The summed E-state index contributed by atoms with van der Waals surface area (Å²) in [5, 5.41) is 13.2. The minimum Gasteiger partial charge on any atom is -0.381 e. The number of nitriles is 1. The molecule has 1 aromatic carbocycles. The summed E-state index contributed by atoms with van der Waals surface area (Å²) in [5.41, 5.74) is 0.274. The fourth-order valence-corrected chi connectivity index (χ4v) is 1.99. The van der Waals surface area contributed by atoms with E-state index in [9.17, 15) is 5.26 Å². The fourth-order valence-electron chi connectivity index (χ4n) is 1.80. The Hall–Kier alpha value is -1.24. The molecule has 2 rings (SSSR count). The topological polar surface area (TPSA) is 45.0 Å². The second-order valence-corrected chi connectivity index (χ2v) is 4.32. The summed E-state index contributed by atoms with van der Waals surface area (Å²) in [6.45, 7) is 1.23. The molecular formula is C12H13ClN2O. The van der Waals surface area contributed by atoms with E-state index in [1.807, 2.05) is 24.3 Å². The second kappa shape index (κ2) is 4.73. The lowest BCUT2D eigenvalue weighted by atomic mass is 9.91. The van der Waals surface area contributed by atoms with Crippen molar-refractivity contribution >= 4 is 17.3 Å².